The summed E-state index contributed by atoms with van der Waals surface area (Å²) in [5, 5.41) is 6.93. The van der Waals surface area contributed by atoms with Crippen molar-refractivity contribution < 1.29 is 22.7 Å². The predicted molar refractivity (Wildman–Crippen MR) is 122 cm³/mol. The molecule has 2 aromatic heterocycles. The van der Waals surface area contributed by atoms with E-state index >= 15 is 0 Å². The van der Waals surface area contributed by atoms with E-state index in [1.165, 1.54) is 11.7 Å². The molecular weight excluding hydrogens is 445 g/mol. The summed E-state index contributed by atoms with van der Waals surface area (Å²) in [6.45, 7) is 3.22. The first-order valence-electron chi connectivity index (χ1n) is 10.6. The molecule has 1 atom stereocenters. The molecule has 2 aromatic carbocycles. The van der Waals surface area contributed by atoms with Gasteiger partial charge in [-0.25, -0.2) is 4.68 Å². The normalized spacial score (nSPS) is 12.5. The van der Waals surface area contributed by atoms with Gasteiger partial charge in [0.05, 0.1) is 17.0 Å². The van der Waals surface area contributed by atoms with Crippen LogP contribution in [0.15, 0.2) is 60.7 Å². The van der Waals surface area contributed by atoms with Crippen molar-refractivity contribution in [3.63, 3.8) is 0 Å². The van der Waals surface area contributed by atoms with Crippen LogP contribution in [0.3, 0.4) is 0 Å². The van der Waals surface area contributed by atoms with Gasteiger partial charge in [-0.05, 0) is 19.4 Å². The molecule has 0 bridgehead atoms. The van der Waals surface area contributed by atoms with Crippen LogP contribution >= 0.6 is 0 Å². The second kappa shape index (κ2) is 9.17. The minimum atomic E-state index is -4.67. The summed E-state index contributed by atoms with van der Waals surface area (Å²) in [4.78, 5) is 16.5. The van der Waals surface area contributed by atoms with Crippen molar-refractivity contribution in [3.05, 3.63) is 77.4 Å². The molecule has 0 aliphatic rings. The number of nitrogens with one attached hydrogen (secondary N) is 1. The van der Waals surface area contributed by atoms with Crippen LogP contribution < -0.4 is 10.1 Å². The van der Waals surface area contributed by atoms with E-state index in [9.17, 15) is 18.0 Å². The molecule has 0 fully saturated rings. The lowest BCUT2D eigenvalue weighted by Gasteiger charge is -2.15. The number of hydrogen-bond acceptors (Lipinski definition) is 4. The fraction of sp³-hybridized carbons (Fsp3) is 0.240. The zero-order valence-electron chi connectivity index (χ0n) is 18.8. The van der Waals surface area contributed by atoms with E-state index in [1.54, 1.807) is 12.1 Å². The third-order valence-electron chi connectivity index (χ3n) is 5.43. The highest BCUT2D eigenvalue weighted by Gasteiger charge is 2.36. The maximum absolute atomic E-state index is 14.0. The summed E-state index contributed by atoms with van der Waals surface area (Å²) in [6, 6.07) is 16.9. The number of alkyl halides is 3. The maximum Gasteiger partial charge on any atom is 0.417 e. The van der Waals surface area contributed by atoms with Crippen LogP contribution in [0.4, 0.5) is 13.2 Å². The van der Waals surface area contributed by atoms with Crippen LogP contribution in [-0.2, 0) is 18.0 Å². The summed E-state index contributed by atoms with van der Waals surface area (Å²) in [5.41, 5.74) is 1.69. The Balaban J connectivity index is 1.62. The third-order valence-corrected chi connectivity index (χ3v) is 5.43. The average Bonchev–Trinajstić information content (AvgIpc) is 3.14. The minimum absolute atomic E-state index is 0.0125. The van der Waals surface area contributed by atoms with Crippen LogP contribution in [0.25, 0.3) is 22.3 Å². The fourth-order valence-corrected chi connectivity index (χ4v) is 3.68. The zero-order valence-corrected chi connectivity index (χ0v) is 18.8. The van der Waals surface area contributed by atoms with Gasteiger partial charge in [0.1, 0.15) is 5.69 Å². The highest BCUT2D eigenvalue weighted by atomic mass is 19.4. The van der Waals surface area contributed by atoms with Gasteiger partial charge in [0.2, 0.25) is 5.88 Å². The Morgan fingerprint density at radius 2 is 1.79 bits per heavy atom. The van der Waals surface area contributed by atoms with Gasteiger partial charge in [-0.15, -0.1) is 0 Å². The molecule has 0 aliphatic heterocycles. The van der Waals surface area contributed by atoms with Gasteiger partial charge in [0.15, 0.2) is 12.3 Å². The number of nitrogens with zero attached hydrogens (tertiary/aromatic N) is 3. The number of halogens is 3. The van der Waals surface area contributed by atoms with Crippen LogP contribution in [0.2, 0.25) is 0 Å². The molecule has 0 saturated heterocycles. The molecule has 4 rings (SSSR count). The van der Waals surface area contributed by atoms with E-state index in [-0.39, 0.29) is 28.6 Å². The summed E-state index contributed by atoms with van der Waals surface area (Å²) in [6.07, 6.45) is -4.67. The van der Waals surface area contributed by atoms with Crippen molar-refractivity contribution in [1.29, 1.82) is 0 Å². The lowest BCUT2D eigenvalue weighted by Crippen LogP contribution is -2.31. The monoisotopic (exact) mass is 468 g/mol. The van der Waals surface area contributed by atoms with Gasteiger partial charge in [0.25, 0.3) is 5.91 Å². The molecular formula is C25H23F3N4O2. The molecule has 0 unspecified atom stereocenters. The van der Waals surface area contributed by atoms with Crippen molar-refractivity contribution in [2.75, 3.05) is 6.61 Å². The third kappa shape index (κ3) is 4.88. The molecule has 0 saturated carbocycles. The van der Waals surface area contributed by atoms with Gasteiger partial charge in [-0.2, -0.15) is 23.3 Å². The van der Waals surface area contributed by atoms with Gasteiger partial charge in [-0.1, -0.05) is 60.2 Å². The summed E-state index contributed by atoms with van der Waals surface area (Å²) in [7, 11) is 1.52. The van der Waals surface area contributed by atoms with Gasteiger partial charge in [0, 0.05) is 18.7 Å². The Kier molecular flexibility index (Phi) is 6.28. The van der Waals surface area contributed by atoms with Crippen LogP contribution in [0.1, 0.15) is 29.7 Å². The number of aryl methyl sites for hydroxylation is 2. The number of benzene rings is 2. The first-order chi connectivity index (χ1) is 16.1. The lowest BCUT2D eigenvalue weighted by molar-refractivity contribution is -0.136. The van der Waals surface area contributed by atoms with E-state index in [0.717, 1.165) is 17.2 Å². The fourth-order valence-electron chi connectivity index (χ4n) is 3.68. The van der Waals surface area contributed by atoms with Gasteiger partial charge >= 0.3 is 6.18 Å². The molecule has 4 aromatic rings. The first-order valence-corrected chi connectivity index (χ1v) is 10.6. The number of aromatic nitrogens is 3. The smallest absolute Gasteiger partial charge is 0.417 e. The van der Waals surface area contributed by atoms with E-state index < -0.39 is 24.3 Å². The molecule has 176 valence electrons. The van der Waals surface area contributed by atoms with Crippen LogP contribution in [0.5, 0.6) is 5.88 Å². The number of fused-ring (bicyclic) bond motifs is 1. The SMILES string of the molecule is Cc1ccc(-c2nn(C)c3nc(OCC(=O)N[C@@H](C)c4ccccc4)cc(C(F)(F)F)c23)cc1. The van der Waals surface area contributed by atoms with Crippen LogP contribution in [-0.4, -0.2) is 27.3 Å². The Morgan fingerprint density at radius 1 is 1.12 bits per heavy atom. The number of rotatable bonds is 6. The van der Waals surface area contributed by atoms with E-state index in [2.05, 4.69) is 15.4 Å². The number of carbonyl (C=O) groups excluding carboxylic acids is 1. The average molecular weight is 468 g/mol. The first kappa shape index (κ1) is 23.3. The maximum atomic E-state index is 14.0. The number of amides is 1. The molecule has 1 amide bonds. The molecule has 1 N–H and O–H groups in total. The highest BCUT2D eigenvalue weighted by molar-refractivity contribution is 5.94. The van der Waals surface area contributed by atoms with Crippen molar-refractivity contribution in [1.82, 2.24) is 20.1 Å². The van der Waals surface area contributed by atoms with E-state index in [1.807, 2.05) is 56.3 Å². The van der Waals surface area contributed by atoms with E-state index in [0.29, 0.717) is 5.56 Å². The number of pyridine rings is 1. The lowest BCUT2D eigenvalue weighted by atomic mass is 10.0. The van der Waals surface area contributed by atoms with Gasteiger partial charge < -0.3 is 10.1 Å². The second-order valence-corrected chi connectivity index (χ2v) is 8.03. The zero-order chi connectivity index (χ0) is 24.5. The van der Waals surface area contributed by atoms with E-state index in [4.69, 9.17) is 4.74 Å². The standard InChI is InChI=1S/C25H23F3N4O2/c1-15-9-11-18(12-10-15)23-22-19(25(26,27)28)13-21(30-24(22)32(3)31-23)34-14-20(33)29-16(2)17-7-5-4-6-8-17/h4-13,16H,14H2,1-3H3,(H,29,33)/t16-/m0/s1. The Morgan fingerprint density at radius 3 is 2.44 bits per heavy atom. The molecule has 6 nitrogen and oxygen atoms in total. The topological polar surface area (TPSA) is 69.0 Å². The summed E-state index contributed by atoms with van der Waals surface area (Å²) < 4.78 is 48.7. The number of ether oxygens (including phenoxy) is 1. The highest BCUT2D eigenvalue weighted by Crippen LogP contribution is 2.40. The van der Waals surface area contributed by atoms with Crippen molar-refractivity contribution in [2.24, 2.45) is 7.05 Å². The Hall–Kier alpha value is -3.88. The molecule has 0 radical (unpaired) electrons. The predicted octanol–water partition coefficient (Wildman–Crippen LogP) is 5.22. The molecule has 34 heavy (non-hydrogen) atoms. The minimum Gasteiger partial charge on any atom is -0.467 e. The van der Waals surface area contributed by atoms with Crippen molar-refractivity contribution >= 4 is 16.9 Å². The molecule has 0 spiro atoms. The number of hydrogen-bond donors (Lipinski definition) is 1. The largest absolute Gasteiger partial charge is 0.467 e. The molecule has 2 heterocycles. The van der Waals surface area contributed by atoms with Crippen molar-refractivity contribution in [3.8, 4) is 17.1 Å². The second-order valence-electron chi connectivity index (χ2n) is 8.03. The van der Waals surface area contributed by atoms with Gasteiger partial charge in [-0.3, -0.25) is 4.79 Å². The molecule has 9 heteroatoms. The Bertz CT molecular complexity index is 1320. The number of carbonyl (C=O) groups is 1. The summed E-state index contributed by atoms with van der Waals surface area (Å²) in [5.74, 6) is -0.780. The van der Waals surface area contributed by atoms with Crippen molar-refractivity contribution in [2.45, 2.75) is 26.1 Å². The van der Waals surface area contributed by atoms with Crippen LogP contribution in [0, 0.1) is 6.92 Å². The quantitative estimate of drug-likeness (QED) is 0.421. The Labute approximate surface area is 194 Å². The summed E-state index contributed by atoms with van der Waals surface area (Å²) >= 11 is 0. The molecule has 0 aliphatic carbocycles.